The van der Waals surface area contributed by atoms with E-state index in [9.17, 15) is 75.0 Å². The molecule has 0 atom stereocenters. The topological polar surface area (TPSA) is 357 Å². The highest BCUT2D eigenvalue weighted by Crippen LogP contribution is 2.37. The number of aromatic nitrogens is 1. The van der Waals surface area contributed by atoms with Crippen molar-refractivity contribution < 1.29 is 65.4 Å². The van der Waals surface area contributed by atoms with Gasteiger partial charge in [-0.3, -0.25) is 27.8 Å². The van der Waals surface area contributed by atoms with Gasteiger partial charge in [-0.2, -0.15) is 33.7 Å². The monoisotopic (exact) mass is 869 g/mol. The fraction of sp³-hybridized carbons (Fsp3) is 0.0645. The molecule has 0 amide bonds. The molecule has 1 heterocycles. The van der Waals surface area contributed by atoms with E-state index in [1.54, 1.807) is 0 Å². The number of hydrogen-bond donors (Lipinski definition) is 7. The van der Waals surface area contributed by atoms with Gasteiger partial charge in [0, 0.05) is 27.9 Å². The molecule has 0 aromatic heterocycles. The molecule has 0 saturated carbocycles. The van der Waals surface area contributed by atoms with Crippen LogP contribution in [-0.2, 0) is 50.3 Å². The van der Waals surface area contributed by atoms with E-state index < -0.39 is 147 Å². The molecule has 0 bridgehead atoms. The molecule has 25 heteroatoms. The van der Waals surface area contributed by atoms with Gasteiger partial charge in [0.1, 0.15) is 20.4 Å². The summed E-state index contributed by atoms with van der Waals surface area (Å²) in [6.45, 7) is -0.611. The maximum absolute atomic E-state index is 14.3. The zero-order valence-electron chi connectivity index (χ0n) is 27.5. The van der Waals surface area contributed by atoms with E-state index in [1.165, 1.54) is 24.3 Å². The van der Waals surface area contributed by atoms with Crippen LogP contribution in [0.2, 0.25) is 0 Å². The number of nitrogens with zero attached hydrogens (tertiary/aromatic N) is 1. The van der Waals surface area contributed by atoms with Crippen LogP contribution < -0.4 is 27.3 Å². The smallest absolute Gasteiger partial charge is 0.296 e. The lowest BCUT2D eigenvalue weighted by molar-refractivity contribution is 0.476. The molecule has 4 aromatic rings. The third kappa shape index (κ3) is 7.04. The summed E-state index contributed by atoms with van der Waals surface area (Å²) in [6, 6.07) is 10.0. The minimum absolute atomic E-state index is 0.0618. The summed E-state index contributed by atoms with van der Waals surface area (Å²) in [5.74, 6) is -1.97. The molecule has 0 unspecified atom stereocenters. The van der Waals surface area contributed by atoms with Crippen LogP contribution in [0.1, 0.15) is 5.56 Å². The third-order valence-electron chi connectivity index (χ3n) is 8.37. The Bertz CT molecular complexity index is 3530. The predicted octanol–water partition coefficient (Wildman–Crippen LogP) is 0.167. The van der Waals surface area contributed by atoms with Gasteiger partial charge in [0.2, 0.25) is 0 Å². The predicted molar refractivity (Wildman–Crippen MR) is 195 cm³/mol. The zero-order valence-corrected chi connectivity index (χ0v) is 31.5. The molecule has 0 spiro atoms. The lowest BCUT2D eigenvalue weighted by Crippen LogP contribution is -2.33. The quantitative estimate of drug-likeness (QED) is 0.0902. The van der Waals surface area contributed by atoms with E-state index in [1.807, 2.05) is 0 Å². The first kappa shape index (κ1) is 40.4. The standard InChI is InChI=1S/C31H23N3O17S5/c32-8-9-52(38,39)21-11-18(20(54(43,44)45)13-22(21)55(46,47)48)33-19-12-23(56(49,50)51)28-26-24(16-6-1-2-7-17(16)30(36)25(19)26)27(31(37)34-28)29(35)14-4-3-5-15(10-14)53(40,41)42/h1-7,10-13,33,35H,8-9,32H2,(H,40,41,42)(H,43,44,45)(H,46,47,48)(H,49,50,51). The summed E-state index contributed by atoms with van der Waals surface area (Å²) < 4.78 is 165. The van der Waals surface area contributed by atoms with Gasteiger partial charge in [-0.25, -0.2) is 13.4 Å². The second kappa shape index (κ2) is 13.5. The molecule has 1 aliphatic heterocycles. The van der Waals surface area contributed by atoms with E-state index >= 15 is 0 Å². The Kier molecular flexibility index (Phi) is 9.73. The number of nitrogens with one attached hydrogen (secondary N) is 1. The molecule has 56 heavy (non-hydrogen) atoms. The van der Waals surface area contributed by atoms with Crippen LogP contribution in [0.3, 0.4) is 0 Å². The molecule has 4 aromatic carbocycles. The van der Waals surface area contributed by atoms with Crippen LogP contribution in [0.5, 0.6) is 0 Å². The van der Waals surface area contributed by atoms with Crippen LogP contribution in [0.15, 0.2) is 101 Å². The number of benzene rings is 4. The first-order valence-electron chi connectivity index (χ1n) is 15.1. The van der Waals surface area contributed by atoms with Crippen molar-refractivity contribution in [1.82, 2.24) is 4.98 Å². The Hall–Kier alpha value is -5.22. The number of nitrogens with two attached hydrogens (primary N) is 1. The largest absolute Gasteiger partial charge is 0.506 e. The van der Waals surface area contributed by atoms with Crippen molar-refractivity contribution in [3.05, 3.63) is 109 Å². The lowest BCUT2D eigenvalue weighted by Gasteiger charge is -2.18. The molecular formula is C31H23N3O17S5. The van der Waals surface area contributed by atoms with Gasteiger partial charge in [-0.05, 0) is 35.7 Å². The van der Waals surface area contributed by atoms with Crippen molar-refractivity contribution in [3.8, 4) is 0 Å². The van der Waals surface area contributed by atoms with Crippen molar-refractivity contribution in [1.29, 1.82) is 0 Å². The Morgan fingerprint density at radius 1 is 0.643 bits per heavy atom. The highest BCUT2D eigenvalue weighted by molar-refractivity contribution is 7.93. The summed E-state index contributed by atoms with van der Waals surface area (Å²) in [5, 5.41) is 11.0. The number of rotatable bonds is 10. The number of hydrogen-bond acceptors (Lipinski definition) is 16. The van der Waals surface area contributed by atoms with Crippen molar-refractivity contribution >= 4 is 89.1 Å². The molecule has 0 fully saturated rings. The zero-order chi connectivity index (χ0) is 41.5. The first-order chi connectivity index (χ1) is 25.8. The van der Waals surface area contributed by atoms with E-state index in [0.717, 1.165) is 24.3 Å². The van der Waals surface area contributed by atoms with Gasteiger partial charge < -0.3 is 16.2 Å². The van der Waals surface area contributed by atoms with Gasteiger partial charge in [0.15, 0.2) is 15.3 Å². The highest BCUT2D eigenvalue weighted by atomic mass is 32.2. The molecule has 0 radical (unpaired) electrons. The van der Waals surface area contributed by atoms with Crippen molar-refractivity contribution in [2.24, 2.45) is 5.73 Å². The van der Waals surface area contributed by atoms with Crippen LogP contribution in [0.4, 0.5) is 11.4 Å². The van der Waals surface area contributed by atoms with Gasteiger partial charge in [-0.15, -0.1) is 0 Å². The summed E-state index contributed by atoms with van der Waals surface area (Å²) in [7, 11) is -26.3. The highest BCUT2D eigenvalue weighted by Gasteiger charge is 2.32. The molecule has 6 rings (SSSR count). The summed E-state index contributed by atoms with van der Waals surface area (Å²) in [6.07, 6.45) is 0. The van der Waals surface area contributed by atoms with Crippen molar-refractivity contribution in [3.63, 3.8) is 0 Å². The summed E-state index contributed by atoms with van der Waals surface area (Å²) in [4.78, 5) is 25.7. The second-order valence-corrected chi connectivity index (χ2v) is 19.5. The Labute approximate surface area is 314 Å². The third-order valence-corrected chi connectivity index (χ3v) is 13.8. The number of aliphatic hydroxyl groups excluding tert-OH is 1. The van der Waals surface area contributed by atoms with E-state index in [2.05, 4.69) is 10.3 Å². The van der Waals surface area contributed by atoms with Gasteiger partial charge in [-0.1, -0.05) is 36.4 Å². The van der Waals surface area contributed by atoms with Crippen LogP contribution in [-0.4, -0.2) is 82.7 Å². The average Bonchev–Trinajstić information content (AvgIpc) is 3.08. The normalized spacial score (nSPS) is 13.7. The molecular weight excluding hydrogens is 847 g/mol. The summed E-state index contributed by atoms with van der Waals surface area (Å²) in [5.41, 5.74) is -0.148. The first-order valence-corrected chi connectivity index (χ1v) is 22.5. The van der Waals surface area contributed by atoms with E-state index in [0.29, 0.717) is 12.1 Å². The maximum Gasteiger partial charge on any atom is 0.296 e. The lowest BCUT2D eigenvalue weighted by atomic mass is 9.96. The number of anilines is 2. The number of aliphatic hydroxyl groups is 1. The summed E-state index contributed by atoms with van der Waals surface area (Å²) >= 11 is 0. The van der Waals surface area contributed by atoms with E-state index in [4.69, 9.17) is 5.73 Å². The average molecular weight is 870 g/mol. The molecule has 2 aliphatic rings. The number of sulfone groups is 1. The van der Waals surface area contributed by atoms with Gasteiger partial charge in [0.05, 0.1) is 43.0 Å². The fourth-order valence-electron chi connectivity index (χ4n) is 6.10. The molecule has 8 N–H and O–H groups in total. The van der Waals surface area contributed by atoms with Gasteiger partial charge in [0.25, 0.3) is 46.0 Å². The van der Waals surface area contributed by atoms with Crippen LogP contribution >= 0.6 is 0 Å². The molecule has 20 nitrogen and oxygen atoms in total. The Morgan fingerprint density at radius 2 is 1.23 bits per heavy atom. The maximum atomic E-state index is 14.3. The van der Waals surface area contributed by atoms with Crippen LogP contribution in [0.25, 0.3) is 27.4 Å². The molecule has 0 saturated heterocycles. The van der Waals surface area contributed by atoms with E-state index in [-0.39, 0.29) is 16.8 Å². The van der Waals surface area contributed by atoms with Gasteiger partial charge >= 0.3 is 0 Å². The minimum Gasteiger partial charge on any atom is -0.506 e. The van der Waals surface area contributed by atoms with Crippen molar-refractivity contribution in [2.45, 2.75) is 24.5 Å². The van der Waals surface area contributed by atoms with Crippen LogP contribution in [0, 0.1) is 10.4 Å². The number of fused-ring (bicyclic) bond motifs is 2. The fourth-order valence-corrected chi connectivity index (χ4v) is 10.5. The SMILES string of the molecule is NCCS(=O)(=O)c1cc(Nc2cc(S(=O)(=O)O)c3nc(=O)c(=C(O)c4cccc(S(=O)(=O)O)c4)c4c5ccccc5c(=O)c2c3=4)c(S(=O)(=O)O)cc1S(=O)(=O)O. The second-order valence-electron chi connectivity index (χ2n) is 11.9. The molecule has 294 valence electrons. The Balaban J connectivity index is 1.91. The van der Waals surface area contributed by atoms with Crippen molar-refractivity contribution in [2.75, 3.05) is 17.6 Å². The Morgan fingerprint density at radius 3 is 1.80 bits per heavy atom. The minimum atomic E-state index is -5.60. The molecule has 1 aliphatic carbocycles.